The second-order valence-corrected chi connectivity index (χ2v) is 16.8. The molecule has 9 aromatic carbocycles. The topological polar surface area (TPSA) is 14.2 Å². The average molecular weight is 848 g/mol. The molecule has 0 aliphatic carbocycles. The van der Waals surface area contributed by atoms with Crippen LogP contribution in [0.2, 0.25) is 0 Å². The van der Waals surface area contributed by atoms with Crippen LogP contribution in [0.15, 0.2) is 188 Å². The van der Waals surface area contributed by atoms with Crippen molar-refractivity contribution in [1.82, 2.24) is 9.13 Å². The molecule has 0 N–H and O–H groups in total. The Morgan fingerprint density at radius 1 is 0.400 bits per heavy atom. The van der Waals surface area contributed by atoms with Crippen LogP contribution >= 0.6 is 0 Å². The van der Waals surface area contributed by atoms with E-state index in [0.29, 0.717) is 22.5 Å². The minimum absolute atomic E-state index is 0.136. The number of hydrogen-bond acceptors (Lipinski definition) is 0. The molecule has 0 aliphatic rings. The summed E-state index contributed by atoms with van der Waals surface area (Å²) in [6.07, 6.45) is -4.58. The van der Waals surface area contributed by atoms with Crippen molar-refractivity contribution >= 4 is 49.3 Å². The number of alkyl halides is 3. The van der Waals surface area contributed by atoms with Gasteiger partial charge in [0, 0.05) is 27.1 Å². The maximum absolute atomic E-state index is 14.9. The number of nitrogens with zero attached hydrogens (tertiary/aromatic N) is 3. The van der Waals surface area contributed by atoms with Gasteiger partial charge >= 0.3 is 6.18 Å². The smallest absolute Gasteiger partial charge is 0.309 e. The molecule has 3 nitrogen and oxygen atoms in total. The monoisotopic (exact) mass is 847 g/mol. The normalized spacial score (nSPS) is 11.8. The highest BCUT2D eigenvalue weighted by Crippen LogP contribution is 2.46. The van der Waals surface area contributed by atoms with Crippen molar-refractivity contribution in [2.75, 3.05) is 0 Å². The Morgan fingerprint density at radius 3 is 1.48 bits per heavy atom. The Balaban J connectivity index is 1.23. The quantitative estimate of drug-likeness (QED) is 0.148. The largest absolute Gasteiger partial charge is 0.417 e. The first-order valence-corrected chi connectivity index (χ1v) is 21.6. The van der Waals surface area contributed by atoms with E-state index in [1.807, 2.05) is 60.7 Å². The predicted molar refractivity (Wildman–Crippen MR) is 262 cm³/mol. The van der Waals surface area contributed by atoms with Crippen molar-refractivity contribution in [3.8, 4) is 55.9 Å². The fourth-order valence-corrected chi connectivity index (χ4v) is 9.98. The van der Waals surface area contributed by atoms with Gasteiger partial charge in [-0.25, -0.2) is 4.85 Å². The van der Waals surface area contributed by atoms with Gasteiger partial charge in [-0.15, -0.1) is 0 Å². The number of hydrogen-bond donors (Lipinski definition) is 0. The van der Waals surface area contributed by atoms with E-state index in [2.05, 4.69) is 131 Å². The summed E-state index contributed by atoms with van der Waals surface area (Å²) in [5, 5.41) is 4.21. The Labute approximate surface area is 374 Å². The second kappa shape index (κ2) is 15.3. The van der Waals surface area contributed by atoms with Crippen molar-refractivity contribution in [2.45, 2.75) is 26.9 Å². The van der Waals surface area contributed by atoms with Gasteiger partial charge in [0.1, 0.15) is 0 Å². The van der Waals surface area contributed by atoms with E-state index in [1.165, 1.54) is 11.6 Å². The highest BCUT2D eigenvalue weighted by Gasteiger charge is 2.34. The lowest BCUT2D eigenvalue weighted by Gasteiger charge is -2.21. The Morgan fingerprint density at radius 2 is 0.908 bits per heavy atom. The third-order valence-electron chi connectivity index (χ3n) is 13.0. The fraction of sp³-hybridized carbons (Fsp3) is 0.0678. The molecule has 0 amide bonds. The van der Waals surface area contributed by atoms with Gasteiger partial charge in [0.15, 0.2) is 5.69 Å². The molecule has 0 bridgehead atoms. The van der Waals surface area contributed by atoms with Gasteiger partial charge in [-0.1, -0.05) is 127 Å². The van der Waals surface area contributed by atoms with Crippen LogP contribution in [-0.4, -0.2) is 9.13 Å². The zero-order valence-corrected chi connectivity index (χ0v) is 35.9. The van der Waals surface area contributed by atoms with Gasteiger partial charge in [-0.2, -0.15) is 13.2 Å². The van der Waals surface area contributed by atoms with Crippen molar-refractivity contribution in [3.05, 3.63) is 222 Å². The highest BCUT2D eigenvalue weighted by molar-refractivity contribution is 6.13. The van der Waals surface area contributed by atoms with E-state index in [1.54, 1.807) is 19.1 Å². The van der Waals surface area contributed by atoms with Gasteiger partial charge in [0.25, 0.3) is 0 Å². The van der Waals surface area contributed by atoms with Gasteiger partial charge in [0.2, 0.25) is 0 Å². The number of aryl methyl sites for hydroxylation is 3. The summed E-state index contributed by atoms with van der Waals surface area (Å²) >= 11 is 0. The van der Waals surface area contributed by atoms with E-state index in [0.717, 1.165) is 94.3 Å². The number of para-hydroxylation sites is 2. The van der Waals surface area contributed by atoms with Crippen molar-refractivity contribution in [2.24, 2.45) is 0 Å². The number of benzene rings is 9. The van der Waals surface area contributed by atoms with Crippen molar-refractivity contribution in [3.63, 3.8) is 0 Å². The molecule has 0 saturated heterocycles. The summed E-state index contributed by atoms with van der Waals surface area (Å²) in [6.45, 7) is 14.2. The van der Waals surface area contributed by atoms with E-state index in [9.17, 15) is 13.2 Å². The molecule has 0 radical (unpaired) electrons. The maximum atomic E-state index is 14.9. The lowest BCUT2D eigenvalue weighted by atomic mass is 9.91. The number of fused-ring (bicyclic) bond motifs is 6. The standard InChI is InChI=1S/C59H40F3N3/c1-36-14-5-7-17-43(36)39-25-29-54-48(32-39)45-19-9-11-22-52(45)64(54)56-31-27-42(63-4)35-50(56)47-28-24-41(58-38(3)16-13-21-51(58)59(60,61)62)34-57(47)65-53-23-12-10-20-46(53)49-33-40(26-30-55(49)65)44-18-8-6-15-37(44)2/h5-35H,1-3H3. The van der Waals surface area contributed by atoms with Gasteiger partial charge in [0.05, 0.1) is 45.6 Å². The van der Waals surface area contributed by atoms with Gasteiger partial charge < -0.3 is 9.13 Å². The van der Waals surface area contributed by atoms with Crippen LogP contribution in [0.4, 0.5) is 18.9 Å². The van der Waals surface area contributed by atoms with Gasteiger partial charge in [-0.3, -0.25) is 0 Å². The molecule has 6 heteroatoms. The van der Waals surface area contributed by atoms with Crippen molar-refractivity contribution < 1.29 is 13.2 Å². The third kappa shape index (κ3) is 6.50. The average Bonchev–Trinajstić information content (AvgIpc) is 3.83. The van der Waals surface area contributed by atoms with Crippen LogP contribution in [-0.2, 0) is 6.18 Å². The molecule has 0 saturated carbocycles. The molecular formula is C59H40F3N3. The molecule has 11 aromatic rings. The lowest BCUT2D eigenvalue weighted by Crippen LogP contribution is -2.08. The molecule has 312 valence electrons. The summed E-state index contributed by atoms with van der Waals surface area (Å²) in [6, 6.07) is 62.1. The van der Waals surface area contributed by atoms with Gasteiger partial charge in [-0.05, 0) is 137 Å². The Kier molecular flexibility index (Phi) is 9.34. The zero-order chi connectivity index (χ0) is 44.6. The highest BCUT2D eigenvalue weighted by atomic mass is 19.4. The molecule has 0 spiro atoms. The number of rotatable bonds is 6. The molecule has 2 aromatic heterocycles. The summed E-state index contributed by atoms with van der Waals surface area (Å²) < 4.78 is 49.2. The first-order chi connectivity index (χ1) is 31.6. The maximum Gasteiger partial charge on any atom is 0.417 e. The molecule has 2 heterocycles. The first-order valence-electron chi connectivity index (χ1n) is 21.6. The number of halogens is 3. The van der Waals surface area contributed by atoms with Crippen molar-refractivity contribution in [1.29, 1.82) is 0 Å². The first kappa shape index (κ1) is 39.7. The van der Waals surface area contributed by atoms with Crippen LogP contribution in [0, 0.1) is 27.3 Å². The van der Waals surface area contributed by atoms with E-state index in [4.69, 9.17) is 6.57 Å². The van der Waals surface area contributed by atoms with E-state index >= 15 is 0 Å². The third-order valence-corrected chi connectivity index (χ3v) is 13.0. The summed E-state index contributed by atoms with van der Waals surface area (Å²) in [5.41, 5.74) is 14.6. The van der Waals surface area contributed by atoms with Crippen LogP contribution < -0.4 is 0 Å². The molecule has 0 fully saturated rings. The second-order valence-electron chi connectivity index (χ2n) is 16.8. The minimum atomic E-state index is -4.58. The summed E-state index contributed by atoms with van der Waals surface area (Å²) in [7, 11) is 0. The van der Waals surface area contributed by atoms with Crippen LogP contribution in [0.5, 0.6) is 0 Å². The Hall–Kier alpha value is -8.14. The summed E-state index contributed by atoms with van der Waals surface area (Å²) in [5.74, 6) is 0. The summed E-state index contributed by atoms with van der Waals surface area (Å²) in [4.78, 5) is 3.92. The molecular weight excluding hydrogens is 808 g/mol. The Bertz CT molecular complexity index is 3760. The van der Waals surface area contributed by atoms with Crippen LogP contribution in [0.3, 0.4) is 0 Å². The van der Waals surface area contributed by atoms with E-state index < -0.39 is 11.7 Å². The molecule has 0 unspecified atom stereocenters. The SMILES string of the molecule is [C-]#[N+]c1ccc(-n2c3ccccc3c3cc(-c4ccccc4C)ccc32)c(-c2ccc(-c3c(C)cccc3C(F)(F)F)cc2-n2c3ccccc3c3cc(-c4ccccc4C)ccc32)c1. The molecule has 0 aliphatic heterocycles. The van der Waals surface area contributed by atoms with Crippen LogP contribution in [0.1, 0.15) is 22.3 Å². The fourth-order valence-electron chi connectivity index (χ4n) is 9.98. The molecule has 11 rings (SSSR count). The predicted octanol–water partition coefficient (Wildman–Crippen LogP) is 17.0. The molecule has 65 heavy (non-hydrogen) atoms. The lowest BCUT2D eigenvalue weighted by molar-refractivity contribution is -0.137. The van der Waals surface area contributed by atoms with E-state index in [-0.39, 0.29) is 5.56 Å². The zero-order valence-electron chi connectivity index (χ0n) is 35.9. The minimum Gasteiger partial charge on any atom is -0.309 e. The van der Waals surface area contributed by atoms with Crippen LogP contribution in [0.25, 0.3) is 104 Å². The molecule has 0 atom stereocenters. The number of aromatic nitrogens is 2.